The maximum Gasteiger partial charge on any atom is 0.255 e. The van der Waals surface area contributed by atoms with Gasteiger partial charge in [-0.25, -0.2) is 0 Å². The molecular weight excluding hydrogens is 340 g/mol. The Kier molecular flexibility index (Phi) is 7.27. The van der Waals surface area contributed by atoms with E-state index in [0.717, 1.165) is 58.2 Å². The summed E-state index contributed by atoms with van der Waals surface area (Å²) >= 11 is 0. The number of aryl methyl sites for hydroxylation is 1. The van der Waals surface area contributed by atoms with Crippen LogP contribution >= 0.6 is 0 Å². The van der Waals surface area contributed by atoms with Gasteiger partial charge in [-0.3, -0.25) is 9.69 Å². The quantitative estimate of drug-likeness (QED) is 0.731. The summed E-state index contributed by atoms with van der Waals surface area (Å²) in [6.45, 7) is 4.00. The summed E-state index contributed by atoms with van der Waals surface area (Å²) in [7, 11) is 0. The zero-order valence-corrected chi connectivity index (χ0v) is 16.4. The van der Waals surface area contributed by atoms with Crippen LogP contribution in [0.2, 0.25) is 0 Å². The molecular formula is C22H34N2O3. The normalized spacial score (nSPS) is 25.1. The monoisotopic (exact) mass is 374 g/mol. The van der Waals surface area contributed by atoms with Crippen LogP contribution in [0.25, 0.3) is 0 Å². The van der Waals surface area contributed by atoms with E-state index < -0.39 is 5.60 Å². The first kappa shape index (κ1) is 20.3. The van der Waals surface area contributed by atoms with Crippen LogP contribution in [0.4, 0.5) is 0 Å². The summed E-state index contributed by atoms with van der Waals surface area (Å²) in [5, 5.41) is 20.2. The van der Waals surface area contributed by atoms with Crippen LogP contribution in [0, 0.1) is 5.92 Å². The highest BCUT2D eigenvalue weighted by molar-refractivity contribution is 5.86. The fourth-order valence-corrected chi connectivity index (χ4v) is 4.53. The number of carbonyl (C=O) groups excluding carboxylic acids is 1. The summed E-state index contributed by atoms with van der Waals surface area (Å²) in [5.74, 6) is 0.497. The minimum absolute atomic E-state index is 0.0840. The molecule has 2 N–H and O–H groups in total. The number of piperidine rings is 2. The number of aliphatic hydroxyl groups excluding tert-OH is 1. The lowest BCUT2D eigenvalue weighted by Crippen LogP contribution is -2.59. The van der Waals surface area contributed by atoms with E-state index in [1.165, 1.54) is 5.56 Å². The van der Waals surface area contributed by atoms with E-state index in [1.807, 2.05) is 23.1 Å². The average Bonchev–Trinajstić information content (AvgIpc) is 2.68. The second kappa shape index (κ2) is 9.67. The van der Waals surface area contributed by atoms with Crippen LogP contribution in [-0.2, 0) is 11.2 Å². The third-order valence-electron chi connectivity index (χ3n) is 6.17. The van der Waals surface area contributed by atoms with Gasteiger partial charge in [0.25, 0.3) is 5.91 Å². The molecule has 1 aromatic carbocycles. The molecule has 2 fully saturated rings. The molecule has 0 aliphatic carbocycles. The number of likely N-dealkylation sites (tertiary alicyclic amines) is 2. The van der Waals surface area contributed by atoms with E-state index in [4.69, 9.17) is 5.11 Å². The lowest BCUT2D eigenvalue weighted by atomic mass is 9.88. The zero-order valence-electron chi connectivity index (χ0n) is 16.4. The molecule has 1 atom stereocenters. The molecule has 0 spiro atoms. The number of aliphatic hydroxyl groups is 2. The van der Waals surface area contributed by atoms with Crippen LogP contribution in [0.15, 0.2) is 30.3 Å². The van der Waals surface area contributed by atoms with E-state index >= 15 is 0 Å². The first-order chi connectivity index (χ1) is 13.1. The number of amides is 1. The van der Waals surface area contributed by atoms with Gasteiger partial charge in [0.1, 0.15) is 0 Å². The Labute approximate surface area is 163 Å². The number of β-amino-alcohol motifs (C(OH)–C–C–N with tert-alkyl or cyclic N) is 1. The standard InChI is InChI=1S/C22H34N2O3/c25-17-11-20-9-15-23(16-10-20)18-22(27)12-5-14-24(21(22)26)13-4-8-19-6-2-1-3-7-19/h1-3,6-7,20,25,27H,4-5,8-18H2. The van der Waals surface area contributed by atoms with Crippen LogP contribution < -0.4 is 0 Å². The highest BCUT2D eigenvalue weighted by Crippen LogP contribution is 2.27. The summed E-state index contributed by atoms with van der Waals surface area (Å²) in [4.78, 5) is 17.0. The molecule has 2 aliphatic rings. The van der Waals surface area contributed by atoms with Gasteiger partial charge in [-0.15, -0.1) is 0 Å². The van der Waals surface area contributed by atoms with Crippen LogP contribution in [0.1, 0.15) is 44.1 Å². The average molecular weight is 375 g/mol. The maximum atomic E-state index is 12.9. The SMILES string of the molecule is O=C1N(CCCc2ccccc2)CCCC1(O)CN1CCC(CCO)CC1. The van der Waals surface area contributed by atoms with Crippen molar-refractivity contribution >= 4 is 5.91 Å². The van der Waals surface area contributed by atoms with Gasteiger partial charge in [0.15, 0.2) is 5.60 Å². The van der Waals surface area contributed by atoms with Gasteiger partial charge in [0, 0.05) is 26.2 Å². The Morgan fingerprint density at radius 3 is 2.56 bits per heavy atom. The topological polar surface area (TPSA) is 64.0 Å². The summed E-state index contributed by atoms with van der Waals surface area (Å²) in [6.07, 6.45) is 6.29. The van der Waals surface area contributed by atoms with Crippen molar-refractivity contribution in [3.05, 3.63) is 35.9 Å². The molecule has 3 rings (SSSR count). The van der Waals surface area contributed by atoms with Crippen molar-refractivity contribution in [2.45, 2.75) is 50.5 Å². The van der Waals surface area contributed by atoms with Crippen molar-refractivity contribution in [2.24, 2.45) is 5.92 Å². The molecule has 1 amide bonds. The molecule has 2 saturated heterocycles. The van der Waals surface area contributed by atoms with Gasteiger partial charge >= 0.3 is 0 Å². The van der Waals surface area contributed by atoms with Gasteiger partial charge < -0.3 is 15.1 Å². The summed E-state index contributed by atoms with van der Waals surface area (Å²) in [5.41, 5.74) is 0.0670. The lowest BCUT2D eigenvalue weighted by molar-refractivity contribution is -0.160. The van der Waals surface area contributed by atoms with Crippen molar-refractivity contribution in [3.63, 3.8) is 0 Å². The van der Waals surface area contributed by atoms with Gasteiger partial charge in [-0.2, -0.15) is 0 Å². The lowest BCUT2D eigenvalue weighted by Gasteiger charge is -2.42. The number of hydrogen-bond donors (Lipinski definition) is 2. The molecule has 150 valence electrons. The molecule has 1 unspecified atom stereocenters. The Hall–Kier alpha value is -1.43. The molecule has 1 aromatic rings. The number of nitrogens with zero attached hydrogens (tertiary/aromatic N) is 2. The van der Waals surface area contributed by atoms with E-state index in [0.29, 0.717) is 25.4 Å². The molecule has 0 saturated carbocycles. The van der Waals surface area contributed by atoms with E-state index in [2.05, 4.69) is 17.0 Å². The first-order valence-corrected chi connectivity index (χ1v) is 10.5. The molecule has 0 bridgehead atoms. The third kappa shape index (κ3) is 5.53. The van der Waals surface area contributed by atoms with Gasteiger partial charge in [0.05, 0.1) is 0 Å². The van der Waals surface area contributed by atoms with Gasteiger partial charge in [0.2, 0.25) is 0 Å². The minimum Gasteiger partial charge on any atom is -0.396 e. The van der Waals surface area contributed by atoms with Crippen molar-refractivity contribution in [3.8, 4) is 0 Å². The predicted octanol–water partition coefficient (Wildman–Crippen LogP) is 2.07. The molecule has 2 aliphatic heterocycles. The van der Waals surface area contributed by atoms with Crippen LogP contribution in [0.3, 0.4) is 0 Å². The summed E-state index contributed by atoms with van der Waals surface area (Å²) in [6, 6.07) is 10.3. The molecule has 27 heavy (non-hydrogen) atoms. The van der Waals surface area contributed by atoms with Crippen molar-refractivity contribution in [2.75, 3.05) is 39.3 Å². The van der Waals surface area contributed by atoms with Crippen LogP contribution in [-0.4, -0.2) is 70.9 Å². The number of benzene rings is 1. The smallest absolute Gasteiger partial charge is 0.255 e. The Balaban J connectivity index is 1.48. The molecule has 2 heterocycles. The summed E-state index contributed by atoms with van der Waals surface area (Å²) < 4.78 is 0. The van der Waals surface area contributed by atoms with Gasteiger partial charge in [-0.1, -0.05) is 30.3 Å². The number of rotatable bonds is 8. The molecule has 0 radical (unpaired) electrons. The van der Waals surface area contributed by atoms with Crippen LogP contribution in [0.5, 0.6) is 0 Å². The van der Waals surface area contributed by atoms with E-state index in [-0.39, 0.29) is 12.5 Å². The Bertz CT molecular complexity index is 586. The molecule has 5 heteroatoms. The maximum absolute atomic E-state index is 12.9. The third-order valence-corrected chi connectivity index (χ3v) is 6.17. The number of hydrogen-bond acceptors (Lipinski definition) is 4. The van der Waals surface area contributed by atoms with Crippen molar-refractivity contribution in [1.82, 2.24) is 9.80 Å². The van der Waals surface area contributed by atoms with E-state index in [1.54, 1.807) is 0 Å². The minimum atomic E-state index is -1.23. The van der Waals surface area contributed by atoms with Crippen molar-refractivity contribution < 1.29 is 15.0 Å². The predicted molar refractivity (Wildman–Crippen MR) is 106 cm³/mol. The Morgan fingerprint density at radius 1 is 1.11 bits per heavy atom. The van der Waals surface area contributed by atoms with Crippen molar-refractivity contribution in [1.29, 1.82) is 0 Å². The fraction of sp³-hybridized carbons (Fsp3) is 0.682. The fourth-order valence-electron chi connectivity index (χ4n) is 4.53. The molecule has 0 aromatic heterocycles. The largest absolute Gasteiger partial charge is 0.396 e. The highest BCUT2D eigenvalue weighted by Gasteiger charge is 2.43. The van der Waals surface area contributed by atoms with E-state index in [9.17, 15) is 9.90 Å². The second-order valence-corrected chi connectivity index (χ2v) is 8.25. The number of carbonyl (C=O) groups is 1. The molecule has 5 nitrogen and oxygen atoms in total. The van der Waals surface area contributed by atoms with Gasteiger partial charge in [-0.05, 0) is 69.5 Å². The Morgan fingerprint density at radius 2 is 1.85 bits per heavy atom. The second-order valence-electron chi connectivity index (χ2n) is 8.25. The zero-order chi connectivity index (χ0) is 19.1. The first-order valence-electron chi connectivity index (χ1n) is 10.5. The highest BCUT2D eigenvalue weighted by atomic mass is 16.3.